The topological polar surface area (TPSA) is 29.1 Å². The van der Waals surface area contributed by atoms with Crippen molar-refractivity contribution in [2.24, 2.45) is 0 Å². The van der Waals surface area contributed by atoms with Crippen molar-refractivity contribution in [1.82, 2.24) is 5.32 Å². The smallest absolute Gasteiger partial charge is 0.251 e. The van der Waals surface area contributed by atoms with Gasteiger partial charge in [-0.1, -0.05) is 32.8 Å². The van der Waals surface area contributed by atoms with Crippen LogP contribution in [0.4, 0.5) is 0 Å². The van der Waals surface area contributed by atoms with Crippen molar-refractivity contribution in [2.75, 3.05) is 6.54 Å². The third-order valence-corrected chi connectivity index (χ3v) is 3.52. The van der Waals surface area contributed by atoms with Crippen molar-refractivity contribution < 1.29 is 4.79 Å². The Balaban J connectivity index is 2.72. The summed E-state index contributed by atoms with van der Waals surface area (Å²) in [6.07, 6.45) is 5.47. The number of hydrogen-bond acceptors (Lipinski definition) is 1. The summed E-state index contributed by atoms with van der Waals surface area (Å²) in [6, 6.07) is 5.88. The van der Waals surface area contributed by atoms with Gasteiger partial charge in [-0.2, -0.15) is 0 Å². The number of halogens is 1. The Morgan fingerprint density at radius 1 is 1.16 bits per heavy atom. The molecular weight excluding hydrogens is 258 g/mol. The van der Waals surface area contributed by atoms with E-state index in [2.05, 4.69) is 19.2 Å². The first-order chi connectivity index (χ1) is 9.22. The third kappa shape index (κ3) is 5.23. The predicted molar refractivity (Wildman–Crippen MR) is 81.9 cm³/mol. The molecule has 106 valence electrons. The molecule has 0 saturated carbocycles. The molecule has 0 radical (unpaired) electrons. The van der Waals surface area contributed by atoms with Crippen molar-refractivity contribution in [2.45, 2.75) is 51.8 Å². The molecular formula is C16H24ClNO. The number of rotatable bonds is 8. The van der Waals surface area contributed by atoms with Crippen molar-refractivity contribution in [3.05, 3.63) is 34.9 Å². The van der Waals surface area contributed by atoms with Crippen LogP contribution in [0.5, 0.6) is 0 Å². The molecule has 0 aliphatic carbocycles. The van der Waals surface area contributed by atoms with E-state index in [9.17, 15) is 4.79 Å². The Morgan fingerprint density at radius 3 is 2.53 bits per heavy atom. The number of benzene rings is 1. The van der Waals surface area contributed by atoms with Gasteiger partial charge in [0.25, 0.3) is 5.91 Å². The fraction of sp³-hybridized carbons (Fsp3) is 0.562. The molecule has 2 nitrogen and oxygen atoms in total. The molecule has 1 aromatic rings. The van der Waals surface area contributed by atoms with Gasteiger partial charge in [0.2, 0.25) is 0 Å². The van der Waals surface area contributed by atoms with Gasteiger partial charge in [-0.3, -0.25) is 4.79 Å². The highest BCUT2D eigenvalue weighted by molar-refractivity contribution is 6.17. The quantitative estimate of drug-likeness (QED) is 0.559. The molecule has 0 bridgehead atoms. The van der Waals surface area contributed by atoms with Gasteiger partial charge in [-0.25, -0.2) is 0 Å². The lowest BCUT2D eigenvalue weighted by Crippen LogP contribution is -2.24. The zero-order valence-corrected chi connectivity index (χ0v) is 12.7. The van der Waals surface area contributed by atoms with Crippen LogP contribution in [-0.2, 0) is 12.3 Å². The standard InChI is InChI=1S/C16H24ClNO/c1-3-5-7-13-8-9-14(11-15(13)12-17)16(19)18-10-6-4-2/h8-9,11H,3-7,10,12H2,1-2H3,(H,18,19). The zero-order chi connectivity index (χ0) is 14.1. The number of carbonyl (C=O) groups excluding carboxylic acids is 1. The SMILES string of the molecule is CCCCNC(=O)c1ccc(CCCC)c(CCl)c1. The van der Waals surface area contributed by atoms with Gasteiger partial charge in [-0.05, 0) is 42.5 Å². The molecule has 3 heteroatoms. The van der Waals surface area contributed by atoms with Crippen molar-refractivity contribution in [3.63, 3.8) is 0 Å². The van der Waals surface area contributed by atoms with Crippen LogP contribution < -0.4 is 5.32 Å². The molecule has 0 unspecified atom stereocenters. The van der Waals surface area contributed by atoms with Crippen LogP contribution in [0.15, 0.2) is 18.2 Å². The van der Waals surface area contributed by atoms with Gasteiger partial charge in [0.15, 0.2) is 0 Å². The number of nitrogens with one attached hydrogen (secondary N) is 1. The largest absolute Gasteiger partial charge is 0.352 e. The van der Waals surface area contributed by atoms with Crippen molar-refractivity contribution in [3.8, 4) is 0 Å². The molecule has 0 aliphatic heterocycles. The monoisotopic (exact) mass is 281 g/mol. The van der Waals surface area contributed by atoms with Crippen molar-refractivity contribution >= 4 is 17.5 Å². The van der Waals surface area contributed by atoms with E-state index in [1.807, 2.05) is 18.2 Å². The molecule has 0 heterocycles. The lowest BCUT2D eigenvalue weighted by molar-refractivity contribution is 0.0953. The van der Waals surface area contributed by atoms with Crippen LogP contribution in [0.25, 0.3) is 0 Å². The minimum absolute atomic E-state index is 0.00172. The van der Waals surface area contributed by atoms with Gasteiger partial charge < -0.3 is 5.32 Å². The molecule has 0 saturated heterocycles. The van der Waals surface area contributed by atoms with Crippen LogP contribution in [0, 0.1) is 0 Å². The second-order valence-electron chi connectivity index (χ2n) is 4.83. The van der Waals surface area contributed by atoms with Gasteiger partial charge in [0, 0.05) is 18.0 Å². The molecule has 0 spiro atoms. The molecule has 0 aliphatic rings. The van der Waals surface area contributed by atoms with E-state index in [1.165, 1.54) is 12.0 Å². The fourth-order valence-electron chi connectivity index (χ4n) is 1.98. The van der Waals surface area contributed by atoms with E-state index >= 15 is 0 Å². The van der Waals surface area contributed by atoms with E-state index in [0.29, 0.717) is 11.4 Å². The molecule has 0 aromatic heterocycles. The Kier molecular flexibility index (Phi) is 7.57. The van der Waals surface area contributed by atoms with E-state index in [-0.39, 0.29) is 5.91 Å². The minimum Gasteiger partial charge on any atom is -0.352 e. The molecule has 1 rings (SSSR count). The van der Waals surface area contributed by atoms with Crippen molar-refractivity contribution in [1.29, 1.82) is 0 Å². The first-order valence-electron chi connectivity index (χ1n) is 7.18. The first kappa shape index (κ1) is 16.0. The summed E-state index contributed by atoms with van der Waals surface area (Å²) in [5.74, 6) is 0.469. The van der Waals surface area contributed by atoms with Gasteiger partial charge in [0.1, 0.15) is 0 Å². The summed E-state index contributed by atoms with van der Waals surface area (Å²) in [5.41, 5.74) is 3.06. The van der Waals surface area contributed by atoms with Crippen LogP contribution in [0.2, 0.25) is 0 Å². The molecule has 0 fully saturated rings. The number of unbranched alkanes of at least 4 members (excludes halogenated alkanes) is 2. The highest BCUT2D eigenvalue weighted by Crippen LogP contribution is 2.17. The summed E-state index contributed by atoms with van der Waals surface area (Å²) >= 11 is 5.98. The second-order valence-corrected chi connectivity index (χ2v) is 5.10. The number of amides is 1. The summed E-state index contributed by atoms with van der Waals surface area (Å²) in [5, 5.41) is 2.93. The minimum atomic E-state index is 0.00172. The zero-order valence-electron chi connectivity index (χ0n) is 12.0. The number of alkyl halides is 1. The molecule has 1 amide bonds. The average molecular weight is 282 g/mol. The highest BCUT2D eigenvalue weighted by atomic mass is 35.5. The fourth-order valence-corrected chi connectivity index (χ4v) is 2.23. The molecule has 19 heavy (non-hydrogen) atoms. The molecule has 1 aromatic carbocycles. The van der Waals surface area contributed by atoms with E-state index in [0.717, 1.165) is 37.8 Å². The van der Waals surface area contributed by atoms with E-state index in [1.54, 1.807) is 0 Å². The summed E-state index contributed by atoms with van der Waals surface area (Å²) in [7, 11) is 0. The lowest BCUT2D eigenvalue weighted by Gasteiger charge is -2.10. The molecule has 0 atom stereocenters. The van der Waals surface area contributed by atoms with Gasteiger partial charge in [-0.15, -0.1) is 11.6 Å². The average Bonchev–Trinajstić information content (AvgIpc) is 2.45. The Bertz CT molecular complexity index is 404. The number of hydrogen-bond donors (Lipinski definition) is 1. The van der Waals surface area contributed by atoms with Crippen LogP contribution >= 0.6 is 11.6 Å². The van der Waals surface area contributed by atoms with Gasteiger partial charge in [0.05, 0.1) is 0 Å². The highest BCUT2D eigenvalue weighted by Gasteiger charge is 2.08. The van der Waals surface area contributed by atoms with Crippen LogP contribution in [-0.4, -0.2) is 12.5 Å². The maximum absolute atomic E-state index is 12.0. The summed E-state index contributed by atoms with van der Waals surface area (Å²) in [6.45, 7) is 5.03. The van der Waals surface area contributed by atoms with Crippen LogP contribution in [0.1, 0.15) is 61.0 Å². The Hall–Kier alpha value is -1.02. The lowest BCUT2D eigenvalue weighted by atomic mass is 10.00. The predicted octanol–water partition coefficient (Wildman–Crippen LogP) is 4.30. The maximum atomic E-state index is 12.0. The number of carbonyl (C=O) groups is 1. The summed E-state index contributed by atoms with van der Waals surface area (Å²) < 4.78 is 0. The van der Waals surface area contributed by atoms with E-state index < -0.39 is 0 Å². The maximum Gasteiger partial charge on any atom is 0.251 e. The Morgan fingerprint density at radius 2 is 1.89 bits per heavy atom. The Labute approximate surface area is 121 Å². The molecule has 1 N–H and O–H groups in total. The number of aryl methyl sites for hydroxylation is 1. The normalized spacial score (nSPS) is 10.5. The van der Waals surface area contributed by atoms with Crippen LogP contribution in [0.3, 0.4) is 0 Å². The summed E-state index contributed by atoms with van der Waals surface area (Å²) in [4.78, 5) is 12.0. The van der Waals surface area contributed by atoms with Gasteiger partial charge >= 0.3 is 0 Å². The van der Waals surface area contributed by atoms with E-state index in [4.69, 9.17) is 11.6 Å². The third-order valence-electron chi connectivity index (χ3n) is 3.23. The second kappa shape index (κ2) is 8.98. The first-order valence-corrected chi connectivity index (χ1v) is 7.72.